The average molecular weight is 303 g/mol. The van der Waals surface area contributed by atoms with Crippen molar-refractivity contribution in [1.82, 2.24) is 9.59 Å². The monoisotopic (exact) mass is 303 g/mol. The number of rotatable bonds is 5. The fraction of sp³-hybridized carbons (Fsp3) is 0.143. The fourth-order valence-corrected chi connectivity index (χ4v) is 2.06. The first-order valence-electron chi connectivity index (χ1n) is 6.24. The second-order valence-electron chi connectivity index (χ2n) is 3.90. The molecule has 0 aliphatic carbocycles. The summed E-state index contributed by atoms with van der Waals surface area (Å²) in [5.41, 5.74) is 0.920. The summed E-state index contributed by atoms with van der Waals surface area (Å²) in [6.07, 6.45) is 3.05. The highest BCUT2D eigenvalue weighted by Gasteiger charge is 2.18. The normalized spacial score (nSPS) is 10.5. The number of aromatic nitrogens is 2. The molecule has 0 saturated carbocycles. The van der Waals surface area contributed by atoms with Gasteiger partial charge in [0.15, 0.2) is 5.00 Å². The van der Waals surface area contributed by atoms with Gasteiger partial charge in [-0.15, -0.1) is 5.10 Å². The number of benzene rings is 1. The zero-order chi connectivity index (χ0) is 15.1. The smallest absolute Gasteiger partial charge is 0.362 e. The molecule has 1 heterocycles. The van der Waals surface area contributed by atoms with Gasteiger partial charge in [0.25, 0.3) is 0 Å². The molecular formula is C14H13N3O3S. The van der Waals surface area contributed by atoms with E-state index in [0.29, 0.717) is 0 Å². The average Bonchev–Trinajstić information content (AvgIpc) is 2.95. The van der Waals surface area contributed by atoms with Crippen LogP contribution in [0.25, 0.3) is 6.08 Å². The van der Waals surface area contributed by atoms with Gasteiger partial charge in [0.05, 0.1) is 6.61 Å². The Morgan fingerprint density at radius 2 is 2.10 bits per heavy atom. The van der Waals surface area contributed by atoms with E-state index in [1.807, 2.05) is 30.3 Å². The molecule has 21 heavy (non-hydrogen) atoms. The lowest BCUT2D eigenvalue weighted by molar-refractivity contribution is -0.111. The molecule has 0 atom stereocenters. The van der Waals surface area contributed by atoms with Gasteiger partial charge in [-0.3, -0.25) is 4.79 Å². The molecule has 0 radical (unpaired) electrons. The van der Waals surface area contributed by atoms with Crippen molar-refractivity contribution in [3.63, 3.8) is 0 Å². The number of esters is 1. The Balaban J connectivity index is 2.02. The van der Waals surface area contributed by atoms with Crippen LogP contribution in [-0.4, -0.2) is 28.1 Å². The van der Waals surface area contributed by atoms with Crippen molar-refractivity contribution in [3.8, 4) is 0 Å². The molecule has 2 aromatic rings. The topological polar surface area (TPSA) is 81.2 Å². The van der Waals surface area contributed by atoms with E-state index in [2.05, 4.69) is 14.9 Å². The van der Waals surface area contributed by atoms with Crippen LogP contribution in [0.4, 0.5) is 5.00 Å². The van der Waals surface area contributed by atoms with E-state index in [1.165, 1.54) is 6.08 Å². The Hall–Kier alpha value is -2.54. The third kappa shape index (κ3) is 4.22. The van der Waals surface area contributed by atoms with Gasteiger partial charge in [-0.1, -0.05) is 34.8 Å². The zero-order valence-electron chi connectivity index (χ0n) is 11.3. The Morgan fingerprint density at radius 1 is 1.33 bits per heavy atom. The summed E-state index contributed by atoms with van der Waals surface area (Å²) in [7, 11) is 0. The Morgan fingerprint density at radius 3 is 2.81 bits per heavy atom. The molecule has 0 saturated heterocycles. The number of hydrogen-bond donors (Lipinski definition) is 1. The summed E-state index contributed by atoms with van der Waals surface area (Å²) in [5.74, 6) is -0.968. The number of amides is 1. The molecule has 0 bridgehead atoms. The highest BCUT2D eigenvalue weighted by Crippen LogP contribution is 2.18. The van der Waals surface area contributed by atoms with Gasteiger partial charge in [0, 0.05) is 17.6 Å². The summed E-state index contributed by atoms with van der Waals surface area (Å²) in [6.45, 7) is 1.93. The van der Waals surface area contributed by atoms with Crippen molar-refractivity contribution < 1.29 is 14.3 Å². The first-order chi connectivity index (χ1) is 10.2. The molecule has 0 aliphatic rings. The molecule has 1 aromatic carbocycles. The van der Waals surface area contributed by atoms with Crippen molar-refractivity contribution in [3.05, 3.63) is 47.7 Å². The Bertz CT molecular complexity index is 652. The molecular weight excluding hydrogens is 290 g/mol. The molecule has 7 heteroatoms. The van der Waals surface area contributed by atoms with E-state index in [-0.39, 0.29) is 23.2 Å². The van der Waals surface area contributed by atoms with Gasteiger partial charge in [-0.25, -0.2) is 4.79 Å². The van der Waals surface area contributed by atoms with Crippen molar-refractivity contribution in [2.24, 2.45) is 0 Å². The lowest BCUT2D eigenvalue weighted by atomic mass is 10.2. The lowest BCUT2D eigenvalue weighted by Gasteiger charge is -2.01. The minimum atomic E-state index is -0.603. The van der Waals surface area contributed by atoms with E-state index in [9.17, 15) is 9.59 Å². The van der Waals surface area contributed by atoms with E-state index in [4.69, 9.17) is 4.74 Å². The number of anilines is 1. The van der Waals surface area contributed by atoms with Crippen LogP contribution in [0.3, 0.4) is 0 Å². The van der Waals surface area contributed by atoms with Crippen LogP contribution in [0.1, 0.15) is 23.0 Å². The number of nitrogens with one attached hydrogen (secondary N) is 1. The fourth-order valence-electron chi connectivity index (χ4n) is 1.50. The van der Waals surface area contributed by atoms with E-state index in [0.717, 1.165) is 17.1 Å². The van der Waals surface area contributed by atoms with Crippen molar-refractivity contribution in [2.45, 2.75) is 6.92 Å². The highest BCUT2D eigenvalue weighted by molar-refractivity contribution is 7.10. The van der Waals surface area contributed by atoms with Crippen LogP contribution in [-0.2, 0) is 9.53 Å². The van der Waals surface area contributed by atoms with Gasteiger partial charge >= 0.3 is 5.97 Å². The van der Waals surface area contributed by atoms with Gasteiger partial charge in [0.1, 0.15) is 0 Å². The molecule has 1 aromatic heterocycles. The Kier molecular flexibility index (Phi) is 5.16. The number of nitrogens with zero attached hydrogens (tertiary/aromatic N) is 2. The van der Waals surface area contributed by atoms with Gasteiger partial charge in [0.2, 0.25) is 11.6 Å². The van der Waals surface area contributed by atoms with Crippen molar-refractivity contribution in [2.75, 3.05) is 11.9 Å². The molecule has 0 fully saturated rings. The molecule has 0 aliphatic heterocycles. The number of ether oxygens (including phenoxy) is 1. The summed E-state index contributed by atoms with van der Waals surface area (Å²) >= 11 is 0.926. The Labute approximate surface area is 125 Å². The third-order valence-corrected chi connectivity index (χ3v) is 3.06. The number of carbonyl (C=O) groups is 2. The molecule has 0 spiro atoms. The predicted molar refractivity (Wildman–Crippen MR) is 80.0 cm³/mol. The quantitative estimate of drug-likeness (QED) is 0.677. The van der Waals surface area contributed by atoms with E-state index in [1.54, 1.807) is 13.0 Å². The highest BCUT2D eigenvalue weighted by atomic mass is 32.1. The number of carbonyl (C=O) groups excluding carboxylic acids is 2. The van der Waals surface area contributed by atoms with E-state index < -0.39 is 5.97 Å². The summed E-state index contributed by atoms with van der Waals surface area (Å²) in [6, 6.07) is 9.41. The van der Waals surface area contributed by atoms with Gasteiger partial charge in [-0.2, -0.15) is 0 Å². The van der Waals surface area contributed by atoms with Gasteiger partial charge < -0.3 is 10.1 Å². The van der Waals surface area contributed by atoms with Gasteiger partial charge in [-0.05, 0) is 18.6 Å². The second kappa shape index (κ2) is 7.30. The summed E-state index contributed by atoms with van der Waals surface area (Å²) < 4.78 is 8.48. The van der Waals surface area contributed by atoms with Crippen LogP contribution in [0.2, 0.25) is 0 Å². The predicted octanol–water partition coefficient (Wildman–Crippen LogP) is 2.37. The van der Waals surface area contributed by atoms with Crippen LogP contribution in [0, 0.1) is 0 Å². The number of hydrogen-bond acceptors (Lipinski definition) is 6. The van der Waals surface area contributed by atoms with Crippen LogP contribution < -0.4 is 5.32 Å². The van der Waals surface area contributed by atoms with Crippen LogP contribution in [0.5, 0.6) is 0 Å². The molecule has 108 valence electrons. The first-order valence-corrected chi connectivity index (χ1v) is 7.01. The molecule has 1 amide bonds. The maximum Gasteiger partial charge on any atom is 0.362 e. The maximum absolute atomic E-state index is 11.8. The van der Waals surface area contributed by atoms with Crippen LogP contribution in [0.15, 0.2) is 36.4 Å². The minimum absolute atomic E-state index is 0.0170. The minimum Gasteiger partial charge on any atom is -0.461 e. The summed E-state index contributed by atoms with van der Waals surface area (Å²) in [5, 5.41) is 6.50. The largest absolute Gasteiger partial charge is 0.461 e. The molecule has 1 N–H and O–H groups in total. The van der Waals surface area contributed by atoms with E-state index >= 15 is 0 Å². The standard InChI is InChI=1S/C14H13N3O3S/c1-2-20-14(19)12-13(21-17-16-12)15-11(18)9-8-10-6-4-3-5-7-10/h3-9H,2H2,1H3,(H,15,18)/b9-8+. The van der Waals surface area contributed by atoms with Crippen molar-refractivity contribution in [1.29, 1.82) is 0 Å². The first kappa shape index (κ1) is 14.9. The SMILES string of the molecule is CCOC(=O)c1nnsc1NC(=O)/C=C/c1ccccc1. The lowest BCUT2D eigenvalue weighted by Crippen LogP contribution is -2.12. The maximum atomic E-state index is 11.8. The zero-order valence-corrected chi connectivity index (χ0v) is 12.1. The third-order valence-electron chi connectivity index (χ3n) is 2.42. The van der Waals surface area contributed by atoms with Crippen LogP contribution >= 0.6 is 11.5 Å². The summed E-state index contributed by atoms with van der Waals surface area (Å²) in [4.78, 5) is 23.4. The van der Waals surface area contributed by atoms with Crippen molar-refractivity contribution >= 4 is 34.5 Å². The molecule has 6 nitrogen and oxygen atoms in total. The molecule has 0 unspecified atom stereocenters. The molecule has 2 rings (SSSR count). The second-order valence-corrected chi connectivity index (χ2v) is 4.66.